The highest BCUT2D eigenvalue weighted by atomic mass is 32.1. The topological polar surface area (TPSA) is 9.23 Å². The zero-order valence-corrected chi connectivity index (χ0v) is 11.5. The van der Waals surface area contributed by atoms with Gasteiger partial charge in [-0.25, -0.2) is 0 Å². The Morgan fingerprint density at radius 2 is 2.06 bits per heavy atom. The minimum absolute atomic E-state index is 0.393. The maximum absolute atomic E-state index is 5.77. The van der Waals surface area contributed by atoms with Crippen molar-refractivity contribution in [2.45, 2.75) is 31.4 Å². The zero-order valence-electron chi connectivity index (χ0n) is 9.72. The van der Waals surface area contributed by atoms with Crippen molar-refractivity contribution >= 4 is 25.3 Å². The molecule has 1 aromatic rings. The summed E-state index contributed by atoms with van der Waals surface area (Å²) in [6.45, 7) is 2.82. The summed E-state index contributed by atoms with van der Waals surface area (Å²) in [5.41, 5.74) is 1.28. The minimum Gasteiger partial charge on any atom is -0.493 e. The first-order chi connectivity index (χ1) is 7.74. The minimum atomic E-state index is 0.393. The van der Waals surface area contributed by atoms with E-state index in [4.69, 9.17) is 4.74 Å². The van der Waals surface area contributed by atoms with Gasteiger partial charge in [0.05, 0.1) is 6.61 Å². The van der Waals surface area contributed by atoms with Gasteiger partial charge in [0.2, 0.25) is 0 Å². The Morgan fingerprint density at radius 3 is 2.75 bits per heavy atom. The molecule has 0 fully saturated rings. The van der Waals surface area contributed by atoms with Gasteiger partial charge in [-0.1, -0.05) is 25.1 Å². The molecule has 0 radical (unpaired) electrons. The zero-order chi connectivity index (χ0) is 11.8. The van der Waals surface area contributed by atoms with E-state index in [9.17, 15) is 0 Å². The summed E-state index contributed by atoms with van der Waals surface area (Å²) >= 11 is 8.57. The molecule has 0 heterocycles. The van der Waals surface area contributed by atoms with E-state index in [0.717, 1.165) is 37.4 Å². The molecule has 0 amide bonds. The van der Waals surface area contributed by atoms with E-state index in [1.54, 1.807) is 0 Å². The van der Waals surface area contributed by atoms with E-state index >= 15 is 0 Å². The molecule has 0 aliphatic carbocycles. The lowest BCUT2D eigenvalue weighted by Crippen LogP contribution is -2.05. The van der Waals surface area contributed by atoms with E-state index < -0.39 is 0 Å². The van der Waals surface area contributed by atoms with E-state index in [1.807, 2.05) is 12.1 Å². The van der Waals surface area contributed by atoms with Crippen LogP contribution in [0.25, 0.3) is 0 Å². The molecule has 1 nitrogen and oxygen atoms in total. The first-order valence-corrected chi connectivity index (χ1v) is 6.88. The van der Waals surface area contributed by atoms with Crippen molar-refractivity contribution in [1.82, 2.24) is 0 Å². The molecule has 1 aromatic carbocycles. The van der Waals surface area contributed by atoms with Crippen LogP contribution in [0.2, 0.25) is 0 Å². The van der Waals surface area contributed by atoms with E-state index in [0.29, 0.717) is 5.25 Å². The highest BCUT2D eigenvalue weighted by Gasteiger charge is 2.03. The summed E-state index contributed by atoms with van der Waals surface area (Å²) in [5.74, 6) is 1.93. The summed E-state index contributed by atoms with van der Waals surface area (Å²) in [6.07, 6.45) is 3.10. The Labute approximate surface area is 109 Å². The van der Waals surface area contributed by atoms with Crippen molar-refractivity contribution in [2.75, 3.05) is 12.4 Å². The second-order valence-corrected chi connectivity index (χ2v) is 5.25. The lowest BCUT2D eigenvalue weighted by Gasteiger charge is -2.11. The summed E-state index contributed by atoms with van der Waals surface area (Å²) in [6, 6.07) is 8.24. The van der Waals surface area contributed by atoms with Crippen molar-refractivity contribution in [3.05, 3.63) is 29.8 Å². The Hall–Kier alpha value is -0.280. The number of ether oxygens (including phenoxy) is 1. The van der Waals surface area contributed by atoms with Crippen LogP contribution < -0.4 is 4.74 Å². The van der Waals surface area contributed by atoms with Crippen molar-refractivity contribution in [2.24, 2.45) is 0 Å². The molecule has 16 heavy (non-hydrogen) atoms. The molecule has 1 atom stereocenters. The number of hydrogen-bond acceptors (Lipinski definition) is 3. The van der Waals surface area contributed by atoms with Gasteiger partial charge in [-0.2, -0.15) is 25.3 Å². The maximum Gasteiger partial charge on any atom is 0.122 e. The monoisotopic (exact) mass is 256 g/mol. The lowest BCUT2D eigenvalue weighted by atomic mass is 10.1. The largest absolute Gasteiger partial charge is 0.493 e. The fourth-order valence-corrected chi connectivity index (χ4v) is 1.72. The molecule has 0 aliphatic rings. The summed E-state index contributed by atoms with van der Waals surface area (Å²) in [4.78, 5) is 0. The average molecular weight is 256 g/mol. The van der Waals surface area contributed by atoms with Crippen molar-refractivity contribution in [3.8, 4) is 5.75 Å². The molecule has 0 aliphatic heterocycles. The summed E-state index contributed by atoms with van der Waals surface area (Å²) in [5, 5.41) is 0.393. The highest BCUT2D eigenvalue weighted by molar-refractivity contribution is 7.80. The van der Waals surface area contributed by atoms with E-state index in [-0.39, 0.29) is 0 Å². The maximum atomic E-state index is 5.77. The van der Waals surface area contributed by atoms with Crippen LogP contribution in [0.15, 0.2) is 24.3 Å². The van der Waals surface area contributed by atoms with Crippen molar-refractivity contribution < 1.29 is 4.74 Å². The predicted octanol–water partition coefficient (Wildman–Crippen LogP) is 3.64. The van der Waals surface area contributed by atoms with Gasteiger partial charge in [0.25, 0.3) is 0 Å². The Balaban J connectivity index is 2.49. The van der Waals surface area contributed by atoms with Gasteiger partial charge in [0.1, 0.15) is 5.75 Å². The van der Waals surface area contributed by atoms with Gasteiger partial charge in [0.15, 0.2) is 0 Å². The first-order valence-electron chi connectivity index (χ1n) is 5.73. The van der Waals surface area contributed by atoms with E-state index in [1.165, 1.54) is 5.56 Å². The molecule has 0 saturated heterocycles. The number of benzene rings is 1. The highest BCUT2D eigenvalue weighted by Crippen LogP contribution is 2.20. The third-order valence-corrected chi connectivity index (χ3v) is 2.94. The van der Waals surface area contributed by atoms with Gasteiger partial charge in [0, 0.05) is 5.25 Å². The van der Waals surface area contributed by atoms with Crippen LogP contribution in [-0.2, 0) is 6.42 Å². The normalized spacial score (nSPS) is 12.4. The van der Waals surface area contributed by atoms with Gasteiger partial charge < -0.3 is 4.74 Å². The molecule has 0 saturated carbocycles. The van der Waals surface area contributed by atoms with E-state index in [2.05, 4.69) is 44.3 Å². The van der Waals surface area contributed by atoms with Gasteiger partial charge in [-0.15, -0.1) is 0 Å². The lowest BCUT2D eigenvalue weighted by molar-refractivity contribution is 0.308. The number of hydrogen-bond donors (Lipinski definition) is 2. The quantitative estimate of drug-likeness (QED) is 0.708. The fraction of sp³-hybridized carbons (Fsp3) is 0.538. The van der Waals surface area contributed by atoms with Crippen LogP contribution >= 0.6 is 25.3 Å². The van der Waals surface area contributed by atoms with Crippen LogP contribution in [0, 0.1) is 0 Å². The van der Waals surface area contributed by atoms with Crippen molar-refractivity contribution in [3.63, 3.8) is 0 Å². The summed E-state index contributed by atoms with van der Waals surface area (Å²) in [7, 11) is 0. The van der Waals surface area contributed by atoms with Crippen LogP contribution in [0.1, 0.15) is 25.3 Å². The second kappa shape index (κ2) is 7.91. The number of para-hydroxylation sites is 1. The van der Waals surface area contributed by atoms with Crippen molar-refractivity contribution in [1.29, 1.82) is 0 Å². The number of thiol groups is 2. The number of aryl methyl sites for hydroxylation is 1. The fourth-order valence-electron chi connectivity index (χ4n) is 1.46. The molecular formula is C13H20OS2. The Bertz CT molecular complexity index is 300. The molecule has 0 N–H and O–H groups in total. The van der Waals surface area contributed by atoms with Crippen LogP contribution in [0.3, 0.4) is 0 Å². The molecule has 1 unspecified atom stereocenters. The number of rotatable bonds is 7. The third kappa shape index (κ3) is 5.17. The molecule has 1 rings (SSSR count). The van der Waals surface area contributed by atoms with Crippen LogP contribution in [0.4, 0.5) is 0 Å². The molecule has 0 bridgehead atoms. The average Bonchev–Trinajstić information content (AvgIpc) is 2.27. The second-order valence-electron chi connectivity index (χ2n) is 3.92. The third-order valence-electron chi connectivity index (χ3n) is 2.37. The molecule has 0 aromatic heterocycles. The SMILES string of the molecule is CC(S)CCOc1ccccc1CCCS. The van der Waals surface area contributed by atoms with Crippen LogP contribution in [-0.4, -0.2) is 17.6 Å². The first kappa shape index (κ1) is 13.8. The molecule has 90 valence electrons. The molecular weight excluding hydrogens is 236 g/mol. The smallest absolute Gasteiger partial charge is 0.122 e. The van der Waals surface area contributed by atoms with Gasteiger partial charge >= 0.3 is 0 Å². The Kier molecular flexibility index (Phi) is 6.81. The standard InChI is InChI=1S/C13H20OS2/c1-11(16)8-9-14-13-7-3-2-5-12(13)6-4-10-15/h2-3,5,7,11,15-16H,4,6,8-10H2,1H3. The molecule has 3 heteroatoms. The van der Waals surface area contributed by atoms with Crippen LogP contribution in [0.5, 0.6) is 5.75 Å². The van der Waals surface area contributed by atoms with Gasteiger partial charge in [-0.3, -0.25) is 0 Å². The Morgan fingerprint density at radius 1 is 1.31 bits per heavy atom. The van der Waals surface area contributed by atoms with Gasteiger partial charge in [-0.05, 0) is 36.6 Å². The summed E-state index contributed by atoms with van der Waals surface area (Å²) < 4.78 is 5.77. The predicted molar refractivity (Wildman–Crippen MR) is 77.2 cm³/mol. The molecule has 0 spiro atoms.